The Morgan fingerprint density at radius 1 is 1.30 bits per heavy atom. The average molecular weight is 280 g/mol. The van der Waals surface area contributed by atoms with Crippen molar-refractivity contribution < 1.29 is 14.8 Å². The molecule has 110 valence electrons. The largest absolute Gasteiger partial charge is 0.502 e. The summed E-state index contributed by atoms with van der Waals surface area (Å²) in [6, 6.07) is 3.93. The summed E-state index contributed by atoms with van der Waals surface area (Å²) < 4.78 is 0. The molecular weight excluding hydrogens is 260 g/mol. The summed E-state index contributed by atoms with van der Waals surface area (Å²) >= 11 is 0. The fourth-order valence-electron chi connectivity index (χ4n) is 2.19. The van der Waals surface area contributed by atoms with Crippen molar-refractivity contribution >= 4 is 11.6 Å². The maximum atomic E-state index is 12.2. The first-order chi connectivity index (χ1) is 9.40. The lowest BCUT2D eigenvalue weighted by molar-refractivity contribution is -0.385. The van der Waals surface area contributed by atoms with Crippen LogP contribution in [0.15, 0.2) is 18.2 Å². The molecular formula is C14H20N2O4. The second kappa shape index (κ2) is 6.36. The van der Waals surface area contributed by atoms with Crippen molar-refractivity contribution in [2.75, 3.05) is 0 Å². The van der Waals surface area contributed by atoms with Crippen LogP contribution in [0.5, 0.6) is 5.75 Å². The highest BCUT2D eigenvalue weighted by Gasteiger charge is 2.29. The Morgan fingerprint density at radius 3 is 2.30 bits per heavy atom. The van der Waals surface area contributed by atoms with Crippen LogP contribution in [0.25, 0.3) is 0 Å². The second-order valence-corrected chi connectivity index (χ2v) is 4.73. The van der Waals surface area contributed by atoms with Crippen molar-refractivity contribution in [2.45, 2.75) is 45.6 Å². The van der Waals surface area contributed by atoms with E-state index in [0.717, 1.165) is 19.3 Å². The molecule has 20 heavy (non-hydrogen) atoms. The molecule has 0 unspecified atom stereocenters. The normalized spacial score (nSPS) is 11.2. The number of nitro groups is 1. The number of rotatable bonds is 6. The standard InChI is InChI=1S/C14H20N2O4/c1-4-14(5-2,6-3)15-13(18)10-8-7-9-11(12(10)17)16(19)20/h7-9,17H,4-6H2,1-3H3,(H,15,18). The van der Waals surface area contributed by atoms with E-state index < -0.39 is 22.3 Å². The maximum absolute atomic E-state index is 12.2. The number of carbonyl (C=O) groups excluding carboxylic acids is 1. The van der Waals surface area contributed by atoms with Gasteiger partial charge in [0.05, 0.1) is 10.5 Å². The number of aromatic hydroxyl groups is 1. The number of para-hydroxylation sites is 1. The Morgan fingerprint density at radius 2 is 1.85 bits per heavy atom. The van der Waals surface area contributed by atoms with Crippen LogP contribution in [0.1, 0.15) is 50.4 Å². The van der Waals surface area contributed by atoms with E-state index in [4.69, 9.17) is 0 Å². The Bertz CT molecular complexity index is 502. The van der Waals surface area contributed by atoms with Gasteiger partial charge in [-0.05, 0) is 25.3 Å². The monoisotopic (exact) mass is 280 g/mol. The van der Waals surface area contributed by atoms with Gasteiger partial charge in [-0.25, -0.2) is 0 Å². The van der Waals surface area contributed by atoms with Crippen LogP contribution in [0, 0.1) is 10.1 Å². The number of nitro benzene ring substituents is 1. The zero-order valence-electron chi connectivity index (χ0n) is 12.0. The molecule has 0 atom stereocenters. The first-order valence-electron chi connectivity index (χ1n) is 6.69. The van der Waals surface area contributed by atoms with Crippen LogP contribution < -0.4 is 5.32 Å². The number of hydrogen-bond donors (Lipinski definition) is 2. The fraction of sp³-hybridized carbons (Fsp3) is 0.500. The van der Waals surface area contributed by atoms with Crippen LogP contribution in [0.4, 0.5) is 5.69 Å². The van der Waals surface area contributed by atoms with Gasteiger partial charge in [0.15, 0.2) is 0 Å². The summed E-state index contributed by atoms with van der Waals surface area (Å²) in [4.78, 5) is 22.3. The third-order valence-electron chi connectivity index (χ3n) is 3.87. The molecule has 0 saturated carbocycles. The van der Waals surface area contributed by atoms with Gasteiger partial charge in [-0.2, -0.15) is 0 Å². The van der Waals surface area contributed by atoms with Crippen LogP contribution in [-0.4, -0.2) is 21.5 Å². The molecule has 0 aromatic heterocycles. The quantitative estimate of drug-likeness (QED) is 0.618. The Labute approximate surface area is 118 Å². The lowest BCUT2D eigenvalue weighted by Gasteiger charge is -2.31. The number of phenolic OH excluding ortho intramolecular Hbond substituents is 1. The van der Waals surface area contributed by atoms with Gasteiger partial charge in [-0.15, -0.1) is 0 Å². The van der Waals surface area contributed by atoms with Crippen LogP contribution >= 0.6 is 0 Å². The van der Waals surface area contributed by atoms with Crippen molar-refractivity contribution in [2.24, 2.45) is 0 Å². The van der Waals surface area contributed by atoms with E-state index in [1.807, 2.05) is 20.8 Å². The summed E-state index contributed by atoms with van der Waals surface area (Å²) in [7, 11) is 0. The lowest BCUT2D eigenvalue weighted by atomic mass is 9.89. The molecule has 0 aliphatic rings. The van der Waals surface area contributed by atoms with E-state index in [9.17, 15) is 20.0 Å². The van der Waals surface area contributed by atoms with Crippen LogP contribution in [0.3, 0.4) is 0 Å². The molecule has 0 aliphatic carbocycles. The molecule has 6 heteroatoms. The number of benzene rings is 1. The van der Waals surface area contributed by atoms with Crippen LogP contribution in [0.2, 0.25) is 0 Å². The van der Waals surface area contributed by atoms with Crippen molar-refractivity contribution in [1.29, 1.82) is 0 Å². The zero-order valence-corrected chi connectivity index (χ0v) is 12.0. The van der Waals surface area contributed by atoms with E-state index in [1.165, 1.54) is 18.2 Å². The van der Waals surface area contributed by atoms with E-state index in [1.54, 1.807) is 0 Å². The van der Waals surface area contributed by atoms with Gasteiger partial charge in [-0.3, -0.25) is 14.9 Å². The topological polar surface area (TPSA) is 92.5 Å². The van der Waals surface area contributed by atoms with Gasteiger partial charge in [-0.1, -0.05) is 26.8 Å². The minimum Gasteiger partial charge on any atom is -0.502 e. The first-order valence-corrected chi connectivity index (χ1v) is 6.69. The fourth-order valence-corrected chi connectivity index (χ4v) is 2.19. The molecule has 1 aromatic rings. The predicted molar refractivity (Wildman–Crippen MR) is 75.8 cm³/mol. The highest BCUT2D eigenvalue weighted by molar-refractivity contribution is 5.98. The zero-order chi connectivity index (χ0) is 15.3. The molecule has 1 amide bonds. The second-order valence-electron chi connectivity index (χ2n) is 4.73. The van der Waals surface area contributed by atoms with Gasteiger partial charge in [0.25, 0.3) is 5.91 Å². The van der Waals surface area contributed by atoms with Gasteiger partial charge in [0, 0.05) is 11.6 Å². The van der Waals surface area contributed by atoms with Crippen LogP contribution in [-0.2, 0) is 0 Å². The number of hydrogen-bond acceptors (Lipinski definition) is 4. The third kappa shape index (κ3) is 3.07. The van der Waals surface area contributed by atoms with Crippen molar-refractivity contribution in [3.05, 3.63) is 33.9 Å². The van der Waals surface area contributed by atoms with Gasteiger partial charge < -0.3 is 10.4 Å². The molecule has 1 rings (SSSR count). The molecule has 6 nitrogen and oxygen atoms in total. The molecule has 0 heterocycles. The van der Waals surface area contributed by atoms with E-state index >= 15 is 0 Å². The molecule has 0 bridgehead atoms. The number of carbonyl (C=O) groups is 1. The Hall–Kier alpha value is -2.11. The van der Waals surface area contributed by atoms with E-state index in [2.05, 4.69) is 5.32 Å². The van der Waals surface area contributed by atoms with Crippen molar-refractivity contribution in [1.82, 2.24) is 5.32 Å². The first kappa shape index (κ1) is 15.9. The van der Waals surface area contributed by atoms with Crippen molar-refractivity contribution in [3.63, 3.8) is 0 Å². The molecule has 2 N–H and O–H groups in total. The highest BCUT2D eigenvalue weighted by Crippen LogP contribution is 2.30. The Kier molecular flexibility index (Phi) is 5.07. The molecule has 0 radical (unpaired) electrons. The maximum Gasteiger partial charge on any atom is 0.311 e. The predicted octanol–water partition coefficient (Wildman–Crippen LogP) is 3.00. The third-order valence-corrected chi connectivity index (χ3v) is 3.87. The molecule has 0 aliphatic heterocycles. The minimum atomic E-state index is -0.709. The SMILES string of the molecule is CCC(CC)(CC)NC(=O)c1cccc([N+](=O)[O-])c1O. The number of amides is 1. The van der Waals surface area contributed by atoms with Crippen molar-refractivity contribution in [3.8, 4) is 5.75 Å². The smallest absolute Gasteiger partial charge is 0.311 e. The summed E-state index contributed by atoms with van der Waals surface area (Å²) in [6.45, 7) is 5.92. The molecule has 0 saturated heterocycles. The minimum absolute atomic E-state index is 0.0704. The van der Waals surface area contributed by atoms with Gasteiger partial charge in [0.1, 0.15) is 0 Å². The summed E-state index contributed by atoms with van der Waals surface area (Å²) in [5.74, 6) is -1.08. The summed E-state index contributed by atoms with van der Waals surface area (Å²) in [5, 5.41) is 23.5. The summed E-state index contributed by atoms with van der Waals surface area (Å²) in [6.07, 6.45) is 2.25. The molecule has 0 fully saturated rings. The van der Waals surface area contributed by atoms with E-state index in [-0.39, 0.29) is 11.1 Å². The molecule has 1 aromatic carbocycles. The number of phenols is 1. The van der Waals surface area contributed by atoms with Gasteiger partial charge in [0.2, 0.25) is 5.75 Å². The highest BCUT2D eigenvalue weighted by atomic mass is 16.6. The van der Waals surface area contributed by atoms with Gasteiger partial charge >= 0.3 is 5.69 Å². The Balaban J connectivity index is 3.10. The number of nitrogens with zero attached hydrogens (tertiary/aromatic N) is 1. The van der Waals surface area contributed by atoms with E-state index in [0.29, 0.717) is 0 Å². The molecule has 0 spiro atoms. The number of nitrogens with one attached hydrogen (secondary N) is 1. The lowest BCUT2D eigenvalue weighted by Crippen LogP contribution is -2.47. The summed E-state index contributed by atoms with van der Waals surface area (Å²) in [5.41, 5.74) is -0.889. The average Bonchev–Trinajstić information content (AvgIpc) is 2.44.